The third kappa shape index (κ3) is 3.91. The first-order valence-corrected chi connectivity index (χ1v) is 10.9. The number of para-hydroxylation sites is 1. The molecule has 0 atom stereocenters. The van der Waals surface area contributed by atoms with E-state index in [1.807, 2.05) is 59.5 Å². The lowest BCUT2D eigenvalue weighted by atomic mass is 10.0. The summed E-state index contributed by atoms with van der Waals surface area (Å²) < 4.78 is 11.0. The highest BCUT2D eigenvalue weighted by Gasteiger charge is 2.30. The van der Waals surface area contributed by atoms with Crippen LogP contribution in [-0.2, 0) is 17.7 Å². The van der Waals surface area contributed by atoms with E-state index in [-0.39, 0.29) is 5.91 Å². The van der Waals surface area contributed by atoms with E-state index in [0.29, 0.717) is 44.0 Å². The third-order valence-electron chi connectivity index (χ3n) is 6.01. The van der Waals surface area contributed by atoms with Crippen molar-refractivity contribution in [2.45, 2.75) is 13.0 Å². The van der Waals surface area contributed by atoms with Crippen molar-refractivity contribution in [1.82, 2.24) is 14.9 Å². The molecule has 0 unspecified atom stereocenters. The minimum absolute atomic E-state index is 0.0341. The van der Waals surface area contributed by atoms with Crippen LogP contribution in [0.15, 0.2) is 54.6 Å². The Bertz CT molecular complexity index is 1110. The Labute approximate surface area is 187 Å². The summed E-state index contributed by atoms with van der Waals surface area (Å²) in [5, 5.41) is 0. The highest BCUT2D eigenvalue weighted by molar-refractivity contribution is 5.97. The second-order valence-electron chi connectivity index (χ2n) is 7.94. The molecule has 3 aromatic rings. The number of carbonyl (C=O) groups is 1. The lowest BCUT2D eigenvalue weighted by Gasteiger charge is -2.34. The molecule has 0 aliphatic carbocycles. The van der Waals surface area contributed by atoms with E-state index in [1.54, 1.807) is 7.11 Å². The number of ether oxygens (including phenoxy) is 2. The molecule has 1 amide bonds. The van der Waals surface area contributed by atoms with E-state index in [4.69, 9.17) is 19.4 Å². The van der Waals surface area contributed by atoms with Crippen molar-refractivity contribution in [3.63, 3.8) is 0 Å². The lowest BCUT2D eigenvalue weighted by molar-refractivity contribution is 0.0729. The predicted molar refractivity (Wildman–Crippen MR) is 122 cm³/mol. The van der Waals surface area contributed by atoms with Crippen LogP contribution in [-0.4, -0.2) is 60.7 Å². The molecule has 2 aliphatic rings. The van der Waals surface area contributed by atoms with Crippen LogP contribution in [0.1, 0.15) is 21.6 Å². The van der Waals surface area contributed by atoms with Crippen molar-refractivity contribution in [2.75, 3.05) is 44.9 Å². The summed E-state index contributed by atoms with van der Waals surface area (Å²) in [6.45, 7) is 3.98. The molecular formula is C25H26N4O3. The van der Waals surface area contributed by atoms with Gasteiger partial charge in [0.2, 0.25) is 0 Å². The molecule has 1 saturated heterocycles. The van der Waals surface area contributed by atoms with Crippen molar-refractivity contribution < 1.29 is 14.3 Å². The summed E-state index contributed by atoms with van der Waals surface area (Å²) in [5.41, 5.74) is 3.62. The minimum Gasteiger partial charge on any atom is -0.496 e. The largest absolute Gasteiger partial charge is 0.496 e. The standard InChI is InChI=1S/C25H26N4O3/c1-31-22-10-6-5-9-19(22)25(30)29-12-11-21-20(17-29)24(28-13-15-32-16-14-28)27-23(26-21)18-7-3-2-4-8-18/h2-10H,11-17H2,1H3. The first-order valence-electron chi connectivity index (χ1n) is 10.9. The summed E-state index contributed by atoms with van der Waals surface area (Å²) in [6, 6.07) is 17.4. The zero-order valence-electron chi connectivity index (χ0n) is 18.2. The molecule has 5 rings (SSSR count). The zero-order valence-corrected chi connectivity index (χ0v) is 18.2. The fourth-order valence-corrected chi connectivity index (χ4v) is 4.31. The number of methoxy groups -OCH3 is 1. The Morgan fingerprint density at radius 2 is 1.72 bits per heavy atom. The molecule has 0 N–H and O–H groups in total. The smallest absolute Gasteiger partial charge is 0.257 e. The van der Waals surface area contributed by atoms with Gasteiger partial charge in [-0.15, -0.1) is 0 Å². The first-order chi connectivity index (χ1) is 15.7. The number of fused-ring (bicyclic) bond motifs is 1. The predicted octanol–water partition coefficient (Wildman–Crippen LogP) is 3.19. The Balaban J connectivity index is 1.52. The number of nitrogens with zero attached hydrogens (tertiary/aromatic N) is 4. The molecular weight excluding hydrogens is 404 g/mol. The zero-order chi connectivity index (χ0) is 21.9. The Kier molecular flexibility index (Phi) is 5.73. The van der Waals surface area contributed by atoms with Crippen LogP contribution in [0, 0.1) is 0 Å². The maximum absolute atomic E-state index is 13.3. The van der Waals surface area contributed by atoms with Crippen LogP contribution in [0.4, 0.5) is 5.82 Å². The SMILES string of the molecule is COc1ccccc1C(=O)N1CCc2nc(-c3ccccc3)nc(N3CCOCC3)c2C1. The van der Waals surface area contributed by atoms with E-state index >= 15 is 0 Å². The van der Waals surface area contributed by atoms with E-state index in [2.05, 4.69) is 4.90 Å². The second kappa shape index (κ2) is 8.96. The first kappa shape index (κ1) is 20.5. The van der Waals surface area contributed by atoms with Gasteiger partial charge < -0.3 is 19.3 Å². The van der Waals surface area contributed by atoms with Gasteiger partial charge in [0.05, 0.1) is 38.1 Å². The van der Waals surface area contributed by atoms with Gasteiger partial charge >= 0.3 is 0 Å². The number of amides is 1. The second-order valence-corrected chi connectivity index (χ2v) is 7.94. The molecule has 32 heavy (non-hydrogen) atoms. The minimum atomic E-state index is -0.0341. The molecule has 2 aliphatic heterocycles. The molecule has 3 heterocycles. The van der Waals surface area contributed by atoms with Crippen LogP contribution in [0.25, 0.3) is 11.4 Å². The normalized spacial score (nSPS) is 15.9. The molecule has 1 fully saturated rings. The summed E-state index contributed by atoms with van der Waals surface area (Å²) in [6.07, 6.45) is 0.690. The van der Waals surface area contributed by atoms with Gasteiger partial charge in [-0.25, -0.2) is 9.97 Å². The highest BCUT2D eigenvalue weighted by Crippen LogP contribution is 2.31. The Hall–Kier alpha value is -3.45. The highest BCUT2D eigenvalue weighted by atomic mass is 16.5. The van der Waals surface area contributed by atoms with Crippen molar-refractivity contribution in [1.29, 1.82) is 0 Å². The van der Waals surface area contributed by atoms with Gasteiger partial charge in [0, 0.05) is 37.2 Å². The summed E-state index contributed by atoms with van der Waals surface area (Å²) in [5.74, 6) is 2.20. The molecule has 1 aromatic heterocycles. The van der Waals surface area contributed by atoms with Gasteiger partial charge in [-0.1, -0.05) is 42.5 Å². The van der Waals surface area contributed by atoms with E-state index < -0.39 is 0 Å². The average Bonchev–Trinajstić information content (AvgIpc) is 2.88. The van der Waals surface area contributed by atoms with Gasteiger partial charge in [0.15, 0.2) is 5.82 Å². The number of rotatable bonds is 4. The number of hydrogen-bond acceptors (Lipinski definition) is 6. The topological polar surface area (TPSA) is 67.8 Å². The van der Waals surface area contributed by atoms with E-state index in [1.165, 1.54) is 0 Å². The maximum Gasteiger partial charge on any atom is 0.257 e. The maximum atomic E-state index is 13.3. The van der Waals surface area contributed by atoms with Gasteiger partial charge in [-0.2, -0.15) is 0 Å². The van der Waals surface area contributed by atoms with Crippen molar-refractivity contribution in [3.05, 3.63) is 71.4 Å². The molecule has 7 heteroatoms. The monoisotopic (exact) mass is 430 g/mol. The van der Waals surface area contributed by atoms with Gasteiger partial charge in [-0.05, 0) is 12.1 Å². The number of morpholine rings is 1. The molecule has 164 valence electrons. The fraction of sp³-hybridized carbons (Fsp3) is 0.320. The number of benzene rings is 2. The molecule has 0 spiro atoms. The molecule has 7 nitrogen and oxygen atoms in total. The molecule has 0 saturated carbocycles. The number of anilines is 1. The van der Waals surface area contributed by atoms with Crippen molar-refractivity contribution in [3.8, 4) is 17.1 Å². The molecule has 0 bridgehead atoms. The molecule has 2 aromatic carbocycles. The van der Waals surface area contributed by atoms with Crippen LogP contribution in [0.3, 0.4) is 0 Å². The quantitative estimate of drug-likeness (QED) is 0.633. The van der Waals surface area contributed by atoms with Crippen LogP contribution >= 0.6 is 0 Å². The Morgan fingerprint density at radius 3 is 2.50 bits per heavy atom. The summed E-state index contributed by atoms with van der Waals surface area (Å²) >= 11 is 0. The molecule has 0 radical (unpaired) electrons. The Morgan fingerprint density at radius 1 is 0.969 bits per heavy atom. The van der Waals surface area contributed by atoms with Crippen molar-refractivity contribution >= 4 is 11.7 Å². The number of carbonyl (C=O) groups excluding carboxylic acids is 1. The van der Waals surface area contributed by atoms with Crippen LogP contribution in [0.2, 0.25) is 0 Å². The van der Waals surface area contributed by atoms with E-state index in [0.717, 1.165) is 41.6 Å². The van der Waals surface area contributed by atoms with Gasteiger partial charge in [0.25, 0.3) is 5.91 Å². The number of hydrogen-bond donors (Lipinski definition) is 0. The average molecular weight is 431 g/mol. The van der Waals surface area contributed by atoms with Crippen LogP contribution < -0.4 is 9.64 Å². The fourth-order valence-electron chi connectivity index (χ4n) is 4.31. The van der Waals surface area contributed by atoms with Crippen LogP contribution in [0.5, 0.6) is 5.75 Å². The van der Waals surface area contributed by atoms with Gasteiger partial charge in [-0.3, -0.25) is 4.79 Å². The van der Waals surface area contributed by atoms with Crippen molar-refractivity contribution in [2.24, 2.45) is 0 Å². The lowest BCUT2D eigenvalue weighted by Crippen LogP contribution is -2.41. The summed E-state index contributed by atoms with van der Waals surface area (Å²) in [4.78, 5) is 27.3. The summed E-state index contributed by atoms with van der Waals surface area (Å²) in [7, 11) is 1.59. The van der Waals surface area contributed by atoms with E-state index in [9.17, 15) is 4.79 Å². The van der Waals surface area contributed by atoms with Gasteiger partial charge in [0.1, 0.15) is 11.6 Å². The third-order valence-corrected chi connectivity index (χ3v) is 6.01. The number of aromatic nitrogens is 2.